The second-order valence-corrected chi connectivity index (χ2v) is 4.10. The zero-order chi connectivity index (χ0) is 10.6. The number of benzene rings is 1. The summed E-state index contributed by atoms with van der Waals surface area (Å²) < 4.78 is 12.5. The smallest absolute Gasteiger partial charge is 0.307 e. The minimum atomic E-state index is -0.806. The average molecular weight is 214 g/mol. The molecule has 0 saturated heterocycles. The number of carboxylic acids is 1. The van der Waals surface area contributed by atoms with Crippen LogP contribution in [-0.2, 0) is 4.79 Å². The van der Waals surface area contributed by atoms with Gasteiger partial charge in [-0.25, -0.2) is 4.39 Å². The van der Waals surface area contributed by atoms with Crippen molar-refractivity contribution in [1.82, 2.24) is 0 Å². The second-order valence-electron chi connectivity index (χ2n) is 3.00. The molecule has 0 aliphatic heterocycles. The molecular formula is C10H11FO2S. The van der Waals surface area contributed by atoms with Gasteiger partial charge in [0.25, 0.3) is 0 Å². The van der Waals surface area contributed by atoms with Gasteiger partial charge >= 0.3 is 5.97 Å². The van der Waals surface area contributed by atoms with Gasteiger partial charge in [0.15, 0.2) is 0 Å². The Morgan fingerprint density at radius 3 is 2.57 bits per heavy atom. The Kier molecular flexibility index (Phi) is 3.95. The molecule has 4 heteroatoms. The molecule has 0 aromatic heterocycles. The molecule has 2 nitrogen and oxygen atoms in total. The van der Waals surface area contributed by atoms with Gasteiger partial charge in [0.2, 0.25) is 0 Å². The Balaban J connectivity index is 2.46. The van der Waals surface area contributed by atoms with Gasteiger partial charge in [-0.05, 0) is 24.3 Å². The van der Waals surface area contributed by atoms with Crippen molar-refractivity contribution >= 4 is 17.7 Å². The minimum Gasteiger partial charge on any atom is -0.481 e. The number of rotatable bonds is 4. The molecule has 0 aliphatic carbocycles. The lowest BCUT2D eigenvalue weighted by Gasteiger charge is -2.05. The van der Waals surface area contributed by atoms with Crippen molar-refractivity contribution in [2.24, 2.45) is 5.92 Å². The summed E-state index contributed by atoms with van der Waals surface area (Å²) in [5, 5.41) is 8.63. The van der Waals surface area contributed by atoms with E-state index in [-0.39, 0.29) is 11.7 Å². The Morgan fingerprint density at radius 2 is 2.07 bits per heavy atom. The highest BCUT2D eigenvalue weighted by atomic mass is 32.2. The van der Waals surface area contributed by atoms with Crippen molar-refractivity contribution in [1.29, 1.82) is 0 Å². The van der Waals surface area contributed by atoms with Gasteiger partial charge in [-0.15, -0.1) is 11.8 Å². The van der Waals surface area contributed by atoms with Crippen molar-refractivity contribution in [2.75, 3.05) is 5.75 Å². The van der Waals surface area contributed by atoms with Crippen molar-refractivity contribution in [3.63, 3.8) is 0 Å². The van der Waals surface area contributed by atoms with Crippen LogP contribution in [0.1, 0.15) is 6.92 Å². The molecule has 0 aliphatic rings. The van der Waals surface area contributed by atoms with Crippen LogP contribution in [0.25, 0.3) is 0 Å². The fraction of sp³-hybridized carbons (Fsp3) is 0.300. The van der Waals surface area contributed by atoms with Crippen LogP contribution in [0.4, 0.5) is 4.39 Å². The van der Waals surface area contributed by atoms with Crippen LogP contribution in [0, 0.1) is 11.7 Å². The van der Waals surface area contributed by atoms with Crippen LogP contribution in [0.3, 0.4) is 0 Å². The summed E-state index contributed by atoms with van der Waals surface area (Å²) in [7, 11) is 0. The van der Waals surface area contributed by atoms with E-state index in [2.05, 4.69) is 0 Å². The van der Waals surface area contributed by atoms with Crippen LogP contribution in [0.5, 0.6) is 0 Å². The maximum Gasteiger partial charge on any atom is 0.307 e. The van der Waals surface area contributed by atoms with Crippen molar-refractivity contribution in [3.05, 3.63) is 30.1 Å². The van der Waals surface area contributed by atoms with Gasteiger partial charge in [0, 0.05) is 10.6 Å². The van der Waals surface area contributed by atoms with Crippen LogP contribution in [-0.4, -0.2) is 16.8 Å². The molecule has 76 valence electrons. The van der Waals surface area contributed by atoms with E-state index in [0.29, 0.717) is 5.75 Å². The Morgan fingerprint density at radius 1 is 1.50 bits per heavy atom. The minimum absolute atomic E-state index is 0.277. The first-order valence-corrected chi connectivity index (χ1v) is 5.19. The summed E-state index contributed by atoms with van der Waals surface area (Å²) in [6.07, 6.45) is 0. The highest BCUT2D eigenvalue weighted by molar-refractivity contribution is 7.99. The monoisotopic (exact) mass is 214 g/mol. The third-order valence-electron chi connectivity index (χ3n) is 1.74. The summed E-state index contributed by atoms with van der Waals surface area (Å²) in [5.74, 6) is -0.966. The maximum absolute atomic E-state index is 12.5. The van der Waals surface area contributed by atoms with Crippen LogP contribution >= 0.6 is 11.8 Å². The number of thioether (sulfide) groups is 1. The Bertz CT molecular complexity index is 310. The Hall–Kier alpha value is -1.03. The predicted octanol–water partition coefficient (Wildman–Crippen LogP) is 2.64. The fourth-order valence-electron chi connectivity index (χ4n) is 0.823. The van der Waals surface area contributed by atoms with E-state index in [4.69, 9.17) is 5.11 Å². The molecule has 0 heterocycles. The van der Waals surface area contributed by atoms with Crippen LogP contribution in [0.15, 0.2) is 29.2 Å². The summed E-state index contributed by atoms with van der Waals surface area (Å²) >= 11 is 1.42. The molecular weight excluding hydrogens is 203 g/mol. The van der Waals surface area contributed by atoms with Crippen molar-refractivity contribution < 1.29 is 14.3 Å². The number of hydrogen-bond acceptors (Lipinski definition) is 2. The van der Waals surface area contributed by atoms with E-state index in [1.165, 1.54) is 23.9 Å². The quantitative estimate of drug-likeness (QED) is 0.783. The fourth-order valence-corrected chi connectivity index (χ4v) is 1.74. The van der Waals surface area contributed by atoms with Gasteiger partial charge in [-0.3, -0.25) is 4.79 Å². The van der Waals surface area contributed by atoms with Gasteiger partial charge in [0.1, 0.15) is 5.82 Å². The highest BCUT2D eigenvalue weighted by Crippen LogP contribution is 2.20. The zero-order valence-corrected chi connectivity index (χ0v) is 8.55. The zero-order valence-electron chi connectivity index (χ0n) is 7.74. The van der Waals surface area contributed by atoms with E-state index in [1.54, 1.807) is 19.1 Å². The molecule has 1 aromatic rings. The number of halogens is 1. The van der Waals surface area contributed by atoms with Gasteiger partial charge in [-0.1, -0.05) is 6.92 Å². The lowest BCUT2D eigenvalue weighted by molar-refractivity contribution is -0.140. The molecule has 1 atom stereocenters. The summed E-state index contributed by atoms with van der Waals surface area (Å²) in [6, 6.07) is 6.03. The van der Waals surface area contributed by atoms with E-state index in [9.17, 15) is 9.18 Å². The van der Waals surface area contributed by atoms with Crippen LogP contribution in [0.2, 0.25) is 0 Å². The molecule has 1 N–H and O–H groups in total. The average Bonchev–Trinajstić information content (AvgIpc) is 2.16. The largest absolute Gasteiger partial charge is 0.481 e. The maximum atomic E-state index is 12.5. The molecule has 0 bridgehead atoms. The first kappa shape index (κ1) is 11.0. The SMILES string of the molecule is C[C@H](CSc1ccc(F)cc1)C(=O)O. The van der Waals surface area contributed by atoms with E-state index in [1.807, 2.05) is 0 Å². The number of aliphatic carboxylic acids is 1. The molecule has 0 radical (unpaired) electrons. The summed E-state index contributed by atoms with van der Waals surface area (Å²) in [5.41, 5.74) is 0. The molecule has 1 rings (SSSR count). The van der Waals surface area contributed by atoms with Crippen LogP contribution < -0.4 is 0 Å². The van der Waals surface area contributed by atoms with E-state index in [0.717, 1.165) is 4.90 Å². The first-order valence-electron chi connectivity index (χ1n) is 4.21. The molecule has 0 fully saturated rings. The van der Waals surface area contributed by atoms with Crippen molar-refractivity contribution in [3.8, 4) is 0 Å². The predicted molar refractivity (Wildman–Crippen MR) is 53.9 cm³/mol. The lowest BCUT2D eigenvalue weighted by Crippen LogP contribution is -2.11. The van der Waals surface area contributed by atoms with E-state index >= 15 is 0 Å². The van der Waals surface area contributed by atoms with Gasteiger partial charge in [0.05, 0.1) is 5.92 Å². The molecule has 0 spiro atoms. The van der Waals surface area contributed by atoms with Gasteiger partial charge < -0.3 is 5.11 Å². The lowest BCUT2D eigenvalue weighted by atomic mass is 10.2. The topological polar surface area (TPSA) is 37.3 Å². The molecule has 1 aromatic carbocycles. The normalized spacial score (nSPS) is 12.4. The van der Waals surface area contributed by atoms with Crippen molar-refractivity contribution in [2.45, 2.75) is 11.8 Å². The molecule has 0 amide bonds. The first-order chi connectivity index (χ1) is 6.59. The molecule has 0 saturated carbocycles. The number of carboxylic acid groups (broad SMARTS) is 1. The molecule has 14 heavy (non-hydrogen) atoms. The Labute approximate surface area is 86.1 Å². The number of carbonyl (C=O) groups is 1. The second kappa shape index (κ2) is 5.00. The highest BCUT2D eigenvalue weighted by Gasteiger charge is 2.10. The summed E-state index contributed by atoms with van der Waals surface area (Å²) in [4.78, 5) is 11.4. The standard InChI is InChI=1S/C10H11FO2S/c1-7(10(12)13)6-14-9-4-2-8(11)3-5-9/h2-5,7H,6H2,1H3,(H,12,13)/t7-/m1/s1. The van der Waals surface area contributed by atoms with Gasteiger partial charge in [-0.2, -0.15) is 0 Å². The number of hydrogen-bond donors (Lipinski definition) is 1. The van der Waals surface area contributed by atoms with E-state index < -0.39 is 5.97 Å². The summed E-state index contributed by atoms with van der Waals surface area (Å²) in [6.45, 7) is 1.65. The molecule has 0 unspecified atom stereocenters. The third kappa shape index (κ3) is 3.38. The third-order valence-corrected chi connectivity index (χ3v) is 3.01.